The Morgan fingerprint density at radius 1 is 1.33 bits per heavy atom. The van der Waals surface area contributed by atoms with Gasteiger partial charge in [0, 0.05) is 22.5 Å². The van der Waals surface area contributed by atoms with E-state index in [0.29, 0.717) is 21.1 Å². The van der Waals surface area contributed by atoms with Crippen LogP contribution in [0.15, 0.2) is 30.5 Å². The molecule has 5 heteroatoms. The van der Waals surface area contributed by atoms with Crippen molar-refractivity contribution in [2.75, 3.05) is 0 Å². The largest absolute Gasteiger partial charge is 0.330 e. The minimum absolute atomic E-state index is 0.348. The lowest BCUT2D eigenvalue weighted by Crippen LogP contribution is -1.87. The summed E-state index contributed by atoms with van der Waals surface area (Å²) in [5.74, 6) is -0.381. The van der Waals surface area contributed by atoms with Crippen molar-refractivity contribution < 1.29 is 4.39 Å². The summed E-state index contributed by atoms with van der Waals surface area (Å²) in [6.45, 7) is 0. The number of rotatable bonds is 1. The fourth-order valence-electron chi connectivity index (χ4n) is 1.25. The highest BCUT2D eigenvalue weighted by Gasteiger charge is 2.02. The van der Waals surface area contributed by atoms with E-state index in [1.807, 2.05) is 0 Å². The van der Waals surface area contributed by atoms with Crippen LogP contribution in [0.2, 0.25) is 5.02 Å². The second-order valence-corrected chi connectivity index (χ2v) is 3.77. The van der Waals surface area contributed by atoms with Crippen molar-refractivity contribution in [3.05, 3.63) is 46.1 Å². The van der Waals surface area contributed by atoms with Gasteiger partial charge in [-0.25, -0.2) is 9.37 Å². The topological polar surface area (TPSA) is 28.7 Å². The van der Waals surface area contributed by atoms with Crippen molar-refractivity contribution in [2.45, 2.75) is 0 Å². The van der Waals surface area contributed by atoms with E-state index in [1.165, 1.54) is 12.1 Å². The standard InChI is InChI=1S/C10H6ClFN2S/c11-7-3-6(4-8(12)5-7)9-1-2-13-10(15)14-9/h1-5H,(H,13,14,15). The van der Waals surface area contributed by atoms with Crippen LogP contribution < -0.4 is 0 Å². The van der Waals surface area contributed by atoms with Gasteiger partial charge in [-0.15, -0.1) is 0 Å². The fraction of sp³-hybridized carbons (Fsp3) is 0. The summed E-state index contributed by atoms with van der Waals surface area (Å²) < 4.78 is 13.4. The minimum Gasteiger partial charge on any atom is -0.330 e. The molecule has 0 aliphatic carbocycles. The first-order chi connectivity index (χ1) is 7.15. The molecule has 0 aliphatic rings. The SMILES string of the molecule is Fc1cc(Cl)cc(-c2ccnc(=S)[nH]2)c1. The van der Waals surface area contributed by atoms with E-state index < -0.39 is 0 Å². The summed E-state index contributed by atoms with van der Waals surface area (Å²) in [5.41, 5.74) is 1.34. The zero-order chi connectivity index (χ0) is 10.8. The van der Waals surface area contributed by atoms with E-state index in [-0.39, 0.29) is 5.82 Å². The molecule has 1 N–H and O–H groups in total. The molecule has 0 amide bonds. The molecule has 0 aliphatic heterocycles. The molecule has 15 heavy (non-hydrogen) atoms. The predicted molar refractivity (Wildman–Crippen MR) is 59.8 cm³/mol. The number of halogens is 2. The Morgan fingerprint density at radius 3 is 2.80 bits per heavy atom. The Balaban J connectivity index is 2.58. The fourth-order valence-corrected chi connectivity index (χ4v) is 1.64. The van der Waals surface area contributed by atoms with Gasteiger partial charge in [-0.1, -0.05) is 11.6 Å². The van der Waals surface area contributed by atoms with Crippen LogP contribution in [0.5, 0.6) is 0 Å². The van der Waals surface area contributed by atoms with Crippen molar-refractivity contribution >= 4 is 23.8 Å². The van der Waals surface area contributed by atoms with E-state index in [0.717, 1.165) is 0 Å². The summed E-state index contributed by atoms with van der Waals surface area (Å²) in [7, 11) is 0. The molecule has 2 rings (SSSR count). The summed E-state index contributed by atoms with van der Waals surface area (Å²) in [5, 5.41) is 0.348. The van der Waals surface area contributed by atoms with Crippen molar-refractivity contribution in [1.29, 1.82) is 0 Å². The number of aromatic amines is 1. The number of benzene rings is 1. The first kappa shape index (κ1) is 10.3. The quantitative estimate of drug-likeness (QED) is 0.772. The maximum absolute atomic E-state index is 13.1. The number of nitrogens with zero attached hydrogens (tertiary/aromatic N) is 1. The number of hydrogen-bond donors (Lipinski definition) is 1. The molecular weight excluding hydrogens is 235 g/mol. The monoisotopic (exact) mass is 240 g/mol. The Hall–Kier alpha value is -1.26. The third-order valence-corrected chi connectivity index (χ3v) is 2.27. The smallest absolute Gasteiger partial charge is 0.197 e. The molecule has 0 bridgehead atoms. The van der Waals surface area contributed by atoms with Crippen LogP contribution in [-0.4, -0.2) is 9.97 Å². The Morgan fingerprint density at radius 2 is 2.13 bits per heavy atom. The van der Waals surface area contributed by atoms with Crippen LogP contribution in [0, 0.1) is 10.6 Å². The van der Waals surface area contributed by atoms with Gasteiger partial charge >= 0.3 is 0 Å². The van der Waals surface area contributed by atoms with E-state index >= 15 is 0 Å². The van der Waals surface area contributed by atoms with Crippen LogP contribution in [0.4, 0.5) is 4.39 Å². The van der Waals surface area contributed by atoms with E-state index in [4.69, 9.17) is 23.8 Å². The van der Waals surface area contributed by atoms with Gasteiger partial charge in [-0.3, -0.25) is 0 Å². The lowest BCUT2D eigenvalue weighted by Gasteiger charge is -2.02. The molecule has 0 spiro atoms. The van der Waals surface area contributed by atoms with Crippen LogP contribution in [0.3, 0.4) is 0 Å². The third kappa shape index (κ3) is 2.40. The second-order valence-electron chi connectivity index (χ2n) is 2.95. The normalized spacial score (nSPS) is 10.3. The summed E-state index contributed by atoms with van der Waals surface area (Å²) in [6, 6.07) is 6.00. The zero-order valence-corrected chi connectivity index (χ0v) is 9.07. The molecule has 0 unspecified atom stereocenters. The molecule has 0 atom stereocenters. The molecular formula is C10H6ClFN2S. The molecule has 1 aromatic carbocycles. The predicted octanol–water partition coefficient (Wildman–Crippen LogP) is 3.60. The molecule has 76 valence electrons. The second kappa shape index (κ2) is 4.08. The van der Waals surface area contributed by atoms with Gasteiger partial charge in [0.15, 0.2) is 4.77 Å². The molecule has 0 radical (unpaired) electrons. The number of H-pyrrole nitrogens is 1. The summed E-state index contributed by atoms with van der Waals surface area (Å²) in [6.07, 6.45) is 1.56. The third-order valence-electron chi connectivity index (χ3n) is 1.85. The Labute approximate surface area is 95.8 Å². The van der Waals surface area contributed by atoms with E-state index in [1.54, 1.807) is 18.3 Å². The minimum atomic E-state index is -0.381. The van der Waals surface area contributed by atoms with Crippen molar-refractivity contribution in [2.24, 2.45) is 0 Å². The zero-order valence-electron chi connectivity index (χ0n) is 7.50. The number of aromatic nitrogens is 2. The number of nitrogens with one attached hydrogen (secondary N) is 1. The molecule has 2 nitrogen and oxygen atoms in total. The van der Waals surface area contributed by atoms with Gasteiger partial charge in [0.2, 0.25) is 0 Å². The lowest BCUT2D eigenvalue weighted by atomic mass is 10.1. The van der Waals surface area contributed by atoms with E-state index in [9.17, 15) is 4.39 Å². The number of hydrogen-bond acceptors (Lipinski definition) is 2. The van der Waals surface area contributed by atoms with Crippen LogP contribution in [-0.2, 0) is 0 Å². The van der Waals surface area contributed by atoms with Crippen LogP contribution in [0.25, 0.3) is 11.3 Å². The summed E-state index contributed by atoms with van der Waals surface area (Å²) >= 11 is 10.6. The Kier molecular flexibility index (Phi) is 2.79. The van der Waals surface area contributed by atoms with Crippen molar-refractivity contribution in [1.82, 2.24) is 9.97 Å². The van der Waals surface area contributed by atoms with Crippen molar-refractivity contribution in [3.63, 3.8) is 0 Å². The highest BCUT2D eigenvalue weighted by atomic mass is 35.5. The first-order valence-corrected chi connectivity index (χ1v) is 4.95. The van der Waals surface area contributed by atoms with E-state index in [2.05, 4.69) is 9.97 Å². The van der Waals surface area contributed by atoms with Gasteiger partial charge in [0.1, 0.15) is 5.82 Å². The van der Waals surface area contributed by atoms with Crippen LogP contribution >= 0.6 is 23.8 Å². The van der Waals surface area contributed by atoms with Crippen molar-refractivity contribution in [3.8, 4) is 11.3 Å². The highest BCUT2D eigenvalue weighted by molar-refractivity contribution is 7.71. The summed E-state index contributed by atoms with van der Waals surface area (Å²) in [4.78, 5) is 6.70. The lowest BCUT2D eigenvalue weighted by molar-refractivity contribution is 0.628. The van der Waals surface area contributed by atoms with Gasteiger partial charge in [0.25, 0.3) is 0 Å². The molecule has 0 saturated carbocycles. The average Bonchev–Trinajstić information content (AvgIpc) is 2.16. The van der Waals surface area contributed by atoms with Gasteiger partial charge < -0.3 is 4.98 Å². The maximum Gasteiger partial charge on any atom is 0.197 e. The molecule has 0 saturated heterocycles. The Bertz CT molecular complexity index is 533. The molecule has 2 aromatic rings. The van der Waals surface area contributed by atoms with Gasteiger partial charge in [-0.2, -0.15) is 0 Å². The first-order valence-electron chi connectivity index (χ1n) is 4.17. The molecule has 0 fully saturated rings. The average molecular weight is 241 g/mol. The molecule has 1 aromatic heterocycles. The van der Waals surface area contributed by atoms with Gasteiger partial charge in [0.05, 0.1) is 0 Å². The van der Waals surface area contributed by atoms with Crippen LogP contribution in [0.1, 0.15) is 0 Å². The maximum atomic E-state index is 13.1. The highest BCUT2D eigenvalue weighted by Crippen LogP contribution is 2.22. The molecule has 1 heterocycles. The van der Waals surface area contributed by atoms with Gasteiger partial charge in [-0.05, 0) is 36.5 Å².